The Labute approximate surface area is 95.1 Å². The number of aromatic nitrogens is 2. The Morgan fingerprint density at radius 1 is 1.27 bits per heavy atom. The van der Waals surface area contributed by atoms with Crippen molar-refractivity contribution in [3.05, 3.63) is 10.6 Å². The van der Waals surface area contributed by atoms with Gasteiger partial charge in [-0.05, 0) is 24.4 Å². The summed E-state index contributed by atoms with van der Waals surface area (Å²) in [6.45, 7) is 4.18. The van der Waals surface area contributed by atoms with Gasteiger partial charge in [0, 0.05) is 6.42 Å². The molecule has 0 aromatic carbocycles. The smallest absolute Gasteiger partial charge is 0.176 e. The molecule has 1 rings (SSSR count). The van der Waals surface area contributed by atoms with E-state index in [2.05, 4.69) is 16.5 Å². The molecule has 0 atom stereocenters. The molecule has 0 radical (unpaired) electrons. The minimum Gasteiger partial charge on any atom is -0.293 e. The summed E-state index contributed by atoms with van der Waals surface area (Å²) in [7, 11) is 0. The first-order chi connectivity index (χ1) is 7.29. The number of nitrogens with zero attached hydrogens (tertiary/aromatic N) is 2. The van der Waals surface area contributed by atoms with Gasteiger partial charge in [0.05, 0.1) is 5.69 Å². The molecule has 0 aliphatic rings. The molecule has 0 aliphatic heterocycles. The highest BCUT2D eigenvalue weighted by molar-refractivity contribution is 7.08. The molecular weight excluding hydrogens is 208 g/mol. The van der Waals surface area contributed by atoms with Gasteiger partial charge in [-0.25, -0.2) is 0 Å². The molecule has 0 bridgehead atoms. The Kier molecular flexibility index (Phi) is 5.47. The first-order valence-electron chi connectivity index (χ1n) is 5.64. The molecule has 0 amide bonds. The highest BCUT2D eigenvalue weighted by Crippen LogP contribution is 2.15. The van der Waals surface area contributed by atoms with Gasteiger partial charge in [-0.1, -0.05) is 37.6 Å². The lowest BCUT2D eigenvalue weighted by atomic mass is 10.1. The SMILES string of the molecule is CCCCCCC(=O)c1snnc1CC. The van der Waals surface area contributed by atoms with Gasteiger partial charge in [-0.2, -0.15) is 0 Å². The van der Waals surface area contributed by atoms with Crippen molar-refractivity contribution in [3.63, 3.8) is 0 Å². The molecule has 84 valence electrons. The fraction of sp³-hybridized carbons (Fsp3) is 0.727. The molecule has 1 aromatic heterocycles. The minimum absolute atomic E-state index is 0.220. The van der Waals surface area contributed by atoms with Crippen molar-refractivity contribution in [2.45, 2.75) is 52.4 Å². The third-order valence-corrected chi connectivity index (χ3v) is 3.21. The Bertz CT molecular complexity index is 309. The average molecular weight is 226 g/mol. The molecule has 0 fully saturated rings. The van der Waals surface area contributed by atoms with Crippen molar-refractivity contribution in [2.75, 3.05) is 0 Å². The second-order valence-corrected chi connectivity index (χ2v) is 4.39. The predicted octanol–water partition coefficient (Wildman–Crippen LogP) is 3.25. The summed E-state index contributed by atoms with van der Waals surface area (Å²) < 4.78 is 3.83. The second-order valence-electron chi connectivity index (χ2n) is 3.64. The van der Waals surface area contributed by atoms with Crippen LogP contribution in [0.25, 0.3) is 0 Å². The van der Waals surface area contributed by atoms with Crippen molar-refractivity contribution in [1.82, 2.24) is 9.59 Å². The molecule has 0 saturated heterocycles. The lowest BCUT2D eigenvalue weighted by Gasteiger charge is -1.98. The van der Waals surface area contributed by atoms with E-state index in [-0.39, 0.29) is 5.78 Å². The highest BCUT2D eigenvalue weighted by Gasteiger charge is 2.13. The number of aryl methyl sites for hydroxylation is 1. The zero-order valence-corrected chi connectivity index (χ0v) is 10.3. The van der Waals surface area contributed by atoms with E-state index >= 15 is 0 Å². The van der Waals surface area contributed by atoms with Gasteiger partial charge in [0.1, 0.15) is 4.88 Å². The van der Waals surface area contributed by atoms with Crippen LogP contribution in [0.2, 0.25) is 0 Å². The summed E-state index contributed by atoms with van der Waals surface area (Å²) in [5, 5.41) is 3.95. The highest BCUT2D eigenvalue weighted by atomic mass is 32.1. The van der Waals surface area contributed by atoms with E-state index in [9.17, 15) is 4.79 Å². The van der Waals surface area contributed by atoms with E-state index in [0.717, 1.165) is 29.8 Å². The molecule has 0 unspecified atom stereocenters. The molecule has 1 aromatic rings. The average Bonchev–Trinajstić information content (AvgIpc) is 2.72. The Hall–Kier alpha value is -0.770. The monoisotopic (exact) mass is 226 g/mol. The number of carbonyl (C=O) groups excluding carboxylic acids is 1. The van der Waals surface area contributed by atoms with Crippen molar-refractivity contribution >= 4 is 17.3 Å². The number of rotatable bonds is 7. The van der Waals surface area contributed by atoms with E-state index in [1.807, 2.05) is 6.92 Å². The van der Waals surface area contributed by atoms with E-state index in [4.69, 9.17) is 0 Å². The molecule has 1 heterocycles. The van der Waals surface area contributed by atoms with Gasteiger partial charge in [0.2, 0.25) is 0 Å². The maximum absolute atomic E-state index is 11.8. The molecule has 0 spiro atoms. The van der Waals surface area contributed by atoms with Gasteiger partial charge < -0.3 is 0 Å². The Balaban J connectivity index is 2.40. The van der Waals surface area contributed by atoms with Gasteiger partial charge in [-0.3, -0.25) is 4.79 Å². The van der Waals surface area contributed by atoms with E-state index in [0.29, 0.717) is 6.42 Å². The maximum atomic E-state index is 11.8. The summed E-state index contributed by atoms with van der Waals surface area (Å²) in [6.07, 6.45) is 6.01. The molecule has 0 N–H and O–H groups in total. The minimum atomic E-state index is 0.220. The predicted molar refractivity (Wildman–Crippen MR) is 62.4 cm³/mol. The van der Waals surface area contributed by atoms with Crippen LogP contribution in [0.3, 0.4) is 0 Å². The topological polar surface area (TPSA) is 42.9 Å². The van der Waals surface area contributed by atoms with Crippen molar-refractivity contribution < 1.29 is 4.79 Å². The first-order valence-corrected chi connectivity index (χ1v) is 6.41. The number of Topliss-reactive ketones (excluding diaryl/α,β-unsaturated/α-hetero) is 1. The second kappa shape index (κ2) is 6.67. The van der Waals surface area contributed by atoms with Gasteiger partial charge in [0.15, 0.2) is 5.78 Å². The standard InChI is InChI=1S/C11H18N2OS/c1-3-5-6-7-8-10(14)11-9(4-2)12-13-15-11/h3-8H2,1-2H3. The Morgan fingerprint density at radius 2 is 2.07 bits per heavy atom. The fourth-order valence-corrected chi connectivity index (χ4v) is 2.19. The van der Waals surface area contributed by atoms with Crippen molar-refractivity contribution in [1.29, 1.82) is 0 Å². The molecular formula is C11H18N2OS. The lowest BCUT2D eigenvalue weighted by molar-refractivity contribution is 0.0982. The van der Waals surface area contributed by atoms with Gasteiger partial charge in [-0.15, -0.1) is 5.10 Å². The summed E-state index contributed by atoms with van der Waals surface area (Å²) in [6, 6.07) is 0. The van der Waals surface area contributed by atoms with Crippen LogP contribution in [0, 0.1) is 0 Å². The summed E-state index contributed by atoms with van der Waals surface area (Å²) >= 11 is 1.24. The summed E-state index contributed by atoms with van der Waals surface area (Å²) in [4.78, 5) is 12.6. The zero-order chi connectivity index (χ0) is 11.1. The number of hydrogen-bond acceptors (Lipinski definition) is 4. The van der Waals surface area contributed by atoms with Crippen LogP contribution in [-0.4, -0.2) is 15.4 Å². The third-order valence-electron chi connectivity index (χ3n) is 2.40. The van der Waals surface area contributed by atoms with Crippen LogP contribution >= 0.6 is 11.5 Å². The van der Waals surface area contributed by atoms with E-state index in [1.165, 1.54) is 24.4 Å². The van der Waals surface area contributed by atoms with E-state index in [1.54, 1.807) is 0 Å². The van der Waals surface area contributed by atoms with Crippen molar-refractivity contribution in [3.8, 4) is 0 Å². The molecule has 3 nitrogen and oxygen atoms in total. The number of ketones is 1. The lowest BCUT2D eigenvalue weighted by Crippen LogP contribution is -2.00. The zero-order valence-electron chi connectivity index (χ0n) is 9.45. The molecule has 0 saturated carbocycles. The largest absolute Gasteiger partial charge is 0.293 e. The normalized spacial score (nSPS) is 10.5. The van der Waals surface area contributed by atoms with Crippen LogP contribution in [0.5, 0.6) is 0 Å². The maximum Gasteiger partial charge on any atom is 0.176 e. The summed E-state index contributed by atoms with van der Waals surface area (Å²) in [5.74, 6) is 0.220. The van der Waals surface area contributed by atoms with Gasteiger partial charge in [0.25, 0.3) is 0 Å². The van der Waals surface area contributed by atoms with Crippen LogP contribution in [-0.2, 0) is 6.42 Å². The molecule has 4 heteroatoms. The van der Waals surface area contributed by atoms with Crippen LogP contribution < -0.4 is 0 Å². The van der Waals surface area contributed by atoms with Gasteiger partial charge >= 0.3 is 0 Å². The quantitative estimate of drug-likeness (QED) is 0.529. The van der Waals surface area contributed by atoms with Crippen LogP contribution in [0.1, 0.15) is 61.3 Å². The molecule has 15 heavy (non-hydrogen) atoms. The van der Waals surface area contributed by atoms with Crippen LogP contribution in [0.15, 0.2) is 0 Å². The van der Waals surface area contributed by atoms with Crippen LogP contribution in [0.4, 0.5) is 0 Å². The number of hydrogen-bond donors (Lipinski definition) is 0. The van der Waals surface area contributed by atoms with E-state index < -0.39 is 0 Å². The fourth-order valence-electron chi connectivity index (χ4n) is 1.48. The third kappa shape index (κ3) is 3.70. The first kappa shape index (κ1) is 12.3. The molecule has 0 aliphatic carbocycles. The number of unbranched alkanes of at least 4 members (excludes halogenated alkanes) is 3. The summed E-state index contributed by atoms with van der Waals surface area (Å²) in [5.41, 5.74) is 0.862. The number of carbonyl (C=O) groups is 1. The Morgan fingerprint density at radius 3 is 2.73 bits per heavy atom. The van der Waals surface area contributed by atoms with Crippen molar-refractivity contribution in [2.24, 2.45) is 0 Å².